The lowest BCUT2D eigenvalue weighted by Crippen LogP contribution is -2.55. The van der Waals surface area contributed by atoms with E-state index in [4.69, 9.17) is 17.2 Å². The van der Waals surface area contributed by atoms with Crippen molar-refractivity contribution in [3.63, 3.8) is 0 Å². The third kappa shape index (κ3) is 11.8. The van der Waals surface area contributed by atoms with E-state index in [-0.39, 0.29) is 30.8 Å². The molecule has 1 atom stereocenters. The first-order chi connectivity index (χ1) is 11.8. The molecule has 154 valence electrons. The van der Waals surface area contributed by atoms with Crippen LogP contribution < -0.4 is 17.2 Å². The molecule has 0 radical (unpaired) electrons. The van der Waals surface area contributed by atoms with Crippen LogP contribution in [0.2, 0.25) is 0 Å². The fraction of sp³-hybridized carbons (Fsp3) is 0.833. The topological polar surface area (TPSA) is 176 Å². The van der Waals surface area contributed by atoms with Crippen molar-refractivity contribution in [2.75, 3.05) is 6.54 Å². The van der Waals surface area contributed by atoms with Crippen LogP contribution in [0.25, 0.3) is 0 Å². The van der Waals surface area contributed by atoms with Gasteiger partial charge in [0, 0.05) is 13.0 Å². The number of aliphatic imine (C=N–C) groups is 1. The third-order valence-corrected chi connectivity index (χ3v) is 4.41. The highest BCUT2D eigenvalue weighted by Crippen LogP contribution is 2.17. The molecule has 0 aliphatic carbocycles. The first-order valence-corrected chi connectivity index (χ1v) is 9.45. The van der Waals surface area contributed by atoms with Crippen molar-refractivity contribution in [2.45, 2.75) is 89.5 Å². The largest absolute Gasteiger partial charge is 0.480 e. The van der Waals surface area contributed by atoms with E-state index in [0.717, 1.165) is 12.8 Å². The van der Waals surface area contributed by atoms with Crippen LogP contribution in [-0.2, 0) is 9.59 Å². The fourth-order valence-electron chi connectivity index (χ4n) is 2.75. The zero-order valence-corrected chi connectivity index (χ0v) is 16.1. The van der Waals surface area contributed by atoms with Crippen LogP contribution in [0.1, 0.15) is 84.0 Å². The summed E-state index contributed by atoms with van der Waals surface area (Å²) in [6, 6.07) is 0. The van der Waals surface area contributed by atoms with Crippen LogP contribution in [0, 0.1) is 0 Å². The van der Waals surface area contributed by atoms with Gasteiger partial charge in [0.25, 0.3) is 0 Å². The van der Waals surface area contributed by atoms with E-state index < -0.39 is 17.3 Å². The maximum atomic E-state index is 12.3. The number of carboxylic acids is 1. The molecule has 0 aromatic heterocycles. The number of unbranched alkanes of at least 4 members (excludes halogenated alkanes) is 8. The van der Waals surface area contributed by atoms with E-state index in [0.29, 0.717) is 12.8 Å². The number of nitrogens with zero attached hydrogens (tertiary/aromatic N) is 1. The highest BCUT2D eigenvalue weighted by atomic mass is 16.4. The Morgan fingerprint density at radius 1 is 0.923 bits per heavy atom. The molecular weight excluding hydrogens is 336 g/mol. The summed E-state index contributed by atoms with van der Waals surface area (Å²) in [6.07, 6.45) is 10.8. The van der Waals surface area contributed by atoms with Crippen molar-refractivity contribution in [1.82, 2.24) is 0 Å². The Balaban J connectivity index is 0. The van der Waals surface area contributed by atoms with Gasteiger partial charge in [-0.05, 0) is 19.3 Å². The summed E-state index contributed by atoms with van der Waals surface area (Å²) in [4.78, 5) is 27.5. The highest BCUT2D eigenvalue weighted by Gasteiger charge is 2.40. The molecule has 0 fully saturated rings. The number of carbonyl (C=O) groups excluding carboxylic acids is 1. The molecule has 0 spiro atoms. The van der Waals surface area contributed by atoms with Gasteiger partial charge in [-0.2, -0.15) is 0 Å². The first kappa shape index (κ1) is 26.6. The average Bonchev–Trinajstić information content (AvgIpc) is 2.56. The van der Waals surface area contributed by atoms with Gasteiger partial charge in [0.15, 0.2) is 17.3 Å². The molecule has 1 unspecified atom stereocenters. The molecule has 0 saturated heterocycles. The van der Waals surface area contributed by atoms with Gasteiger partial charge in [-0.1, -0.05) is 58.3 Å². The molecular formula is C18H38N4O4. The Hall–Kier alpha value is -1.67. The number of carboxylic acid groups (broad SMARTS) is 1. The minimum Gasteiger partial charge on any atom is -0.480 e. The summed E-state index contributed by atoms with van der Waals surface area (Å²) in [5, 5.41) is 9.32. The SMILES string of the molecule is CCCCCCCCCCCC(=O)C(N)(CCCN=C(N)N)C(=O)O.O. The number of rotatable bonds is 16. The summed E-state index contributed by atoms with van der Waals surface area (Å²) >= 11 is 0. The number of aliphatic carboxylic acids is 1. The second kappa shape index (κ2) is 15.6. The van der Waals surface area contributed by atoms with Gasteiger partial charge < -0.3 is 27.8 Å². The quantitative estimate of drug-likeness (QED) is 0.138. The Kier molecular flexibility index (Phi) is 15.9. The van der Waals surface area contributed by atoms with E-state index in [1.165, 1.54) is 38.5 Å². The molecule has 0 aromatic rings. The first-order valence-electron chi connectivity index (χ1n) is 9.45. The number of nitrogens with two attached hydrogens (primary N) is 3. The molecule has 0 rings (SSSR count). The maximum absolute atomic E-state index is 12.3. The lowest BCUT2D eigenvalue weighted by Gasteiger charge is -2.23. The Morgan fingerprint density at radius 2 is 1.42 bits per heavy atom. The predicted octanol–water partition coefficient (Wildman–Crippen LogP) is 1.49. The molecule has 0 saturated carbocycles. The smallest absolute Gasteiger partial charge is 0.331 e. The van der Waals surface area contributed by atoms with Crippen LogP contribution in [-0.4, -0.2) is 40.4 Å². The van der Waals surface area contributed by atoms with E-state index in [1.54, 1.807) is 0 Å². The van der Waals surface area contributed by atoms with Gasteiger partial charge in [0.1, 0.15) is 0 Å². The van der Waals surface area contributed by atoms with Crippen molar-refractivity contribution in [3.05, 3.63) is 0 Å². The summed E-state index contributed by atoms with van der Waals surface area (Å²) in [5.74, 6) is -1.75. The van der Waals surface area contributed by atoms with E-state index in [2.05, 4.69) is 11.9 Å². The van der Waals surface area contributed by atoms with Crippen LogP contribution in [0.3, 0.4) is 0 Å². The monoisotopic (exact) mass is 374 g/mol. The molecule has 8 nitrogen and oxygen atoms in total. The predicted molar refractivity (Wildman–Crippen MR) is 105 cm³/mol. The third-order valence-electron chi connectivity index (χ3n) is 4.41. The van der Waals surface area contributed by atoms with Crippen molar-refractivity contribution >= 4 is 17.7 Å². The summed E-state index contributed by atoms with van der Waals surface area (Å²) < 4.78 is 0. The molecule has 26 heavy (non-hydrogen) atoms. The Bertz CT molecular complexity index is 425. The van der Waals surface area contributed by atoms with Crippen molar-refractivity contribution < 1.29 is 20.2 Å². The normalized spacial score (nSPS) is 12.7. The van der Waals surface area contributed by atoms with Gasteiger partial charge in [0.2, 0.25) is 0 Å². The lowest BCUT2D eigenvalue weighted by molar-refractivity contribution is -0.148. The van der Waals surface area contributed by atoms with Gasteiger partial charge in [-0.15, -0.1) is 0 Å². The molecule has 0 bridgehead atoms. The number of carbonyl (C=O) groups is 2. The zero-order valence-electron chi connectivity index (χ0n) is 16.1. The van der Waals surface area contributed by atoms with Gasteiger partial charge in [-0.25, -0.2) is 4.79 Å². The standard InChI is InChI=1S/C18H36N4O3.H2O/c1-2-3-4-5-6-7-8-9-10-12-15(23)18(21,16(24)25)13-11-14-22-17(19)20;/h2-14,21H2,1H3,(H,24,25)(H4,19,20,22);1H2. The molecule has 0 amide bonds. The Labute approximate surface area is 156 Å². The highest BCUT2D eigenvalue weighted by molar-refractivity contribution is 6.07. The van der Waals surface area contributed by atoms with Crippen molar-refractivity contribution in [2.24, 2.45) is 22.2 Å². The lowest BCUT2D eigenvalue weighted by atomic mass is 9.87. The second-order valence-electron chi connectivity index (χ2n) is 6.69. The number of hydrogen-bond donors (Lipinski definition) is 4. The van der Waals surface area contributed by atoms with Crippen molar-refractivity contribution in [1.29, 1.82) is 0 Å². The van der Waals surface area contributed by atoms with E-state index in [1.807, 2.05) is 0 Å². The van der Waals surface area contributed by atoms with Crippen LogP contribution >= 0.6 is 0 Å². The molecule has 8 heteroatoms. The van der Waals surface area contributed by atoms with Gasteiger partial charge in [-0.3, -0.25) is 9.79 Å². The average molecular weight is 375 g/mol. The van der Waals surface area contributed by atoms with Crippen LogP contribution in [0.15, 0.2) is 4.99 Å². The minimum atomic E-state index is -1.83. The van der Waals surface area contributed by atoms with Crippen LogP contribution in [0.4, 0.5) is 0 Å². The fourth-order valence-corrected chi connectivity index (χ4v) is 2.75. The summed E-state index contributed by atoms with van der Waals surface area (Å²) in [6.45, 7) is 2.46. The van der Waals surface area contributed by atoms with Crippen LogP contribution in [0.5, 0.6) is 0 Å². The number of guanidine groups is 1. The minimum absolute atomic E-state index is 0. The summed E-state index contributed by atoms with van der Waals surface area (Å²) in [5.41, 5.74) is 14.4. The van der Waals surface area contributed by atoms with Gasteiger partial charge in [0.05, 0.1) is 0 Å². The maximum Gasteiger partial charge on any atom is 0.331 e. The number of hydrogen-bond acceptors (Lipinski definition) is 4. The summed E-state index contributed by atoms with van der Waals surface area (Å²) in [7, 11) is 0. The zero-order chi connectivity index (χ0) is 19.1. The molecule has 0 aliphatic heterocycles. The molecule has 0 aliphatic rings. The Morgan fingerprint density at radius 3 is 1.88 bits per heavy atom. The molecule has 0 aromatic carbocycles. The van der Waals surface area contributed by atoms with Crippen molar-refractivity contribution in [3.8, 4) is 0 Å². The van der Waals surface area contributed by atoms with E-state index in [9.17, 15) is 14.7 Å². The number of ketones is 1. The molecule has 0 heterocycles. The van der Waals surface area contributed by atoms with Gasteiger partial charge >= 0.3 is 5.97 Å². The molecule has 9 N–H and O–H groups in total. The van der Waals surface area contributed by atoms with E-state index >= 15 is 0 Å². The number of Topliss-reactive ketones (excluding diaryl/α,β-unsaturated/α-hetero) is 1. The second-order valence-corrected chi connectivity index (χ2v) is 6.69.